The molecule has 23 heavy (non-hydrogen) atoms. The Morgan fingerprint density at radius 1 is 0.522 bits per heavy atom. The molecule has 3 aromatic carbocycles. The van der Waals surface area contributed by atoms with Gasteiger partial charge in [-0.1, -0.05) is 91.0 Å². The summed E-state index contributed by atoms with van der Waals surface area (Å²) in [7, 11) is 0. The molecule has 0 saturated carbocycles. The summed E-state index contributed by atoms with van der Waals surface area (Å²) in [5, 5.41) is 10.5. The summed E-state index contributed by atoms with van der Waals surface area (Å²) < 4.78 is 0. The quantitative estimate of drug-likeness (QED) is 0.652. The predicted molar refractivity (Wildman–Crippen MR) is 95.4 cm³/mol. The van der Waals surface area contributed by atoms with Crippen molar-refractivity contribution in [1.82, 2.24) is 0 Å². The number of benzene rings is 3. The molecule has 1 unspecified atom stereocenters. The third-order valence-electron chi connectivity index (χ3n) is 4.32. The van der Waals surface area contributed by atoms with Gasteiger partial charge in [0.2, 0.25) is 0 Å². The van der Waals surface area contributed by atoms with E-state index in [-0.39, 0.29) is 0 Å². The second-order valence-corrected chi connectivity index (χ2v) is 5.88. The third kappa shape index (κ3) is 4.08. The van der Waals surface area contributed by atoms with Gasteiger partial charge in [-0.05, 0) is 29.5 Å². The van der Waals surface area contributed by atoms with Crippen LogP contribution in [-0.2, 0) is 0 Å². The van der Waals surface area contributed by atoms with Gasteiger partial charge >= 0.3 is 0 Å². The Bertz CT molecular complexity index is 652. The van der Waals surface area contributed by atoms with Crippen molar-refractivity contribution in [3.05, 3.63) is 108 Å². The van der Waals surface area contributed by atoms with Crippen LogP contribution in [0.1, 0.15) is 41.6 Å². The highest BCUT2D eigenvalue weighted by Crippen LogP contribution is 2.32. The molecule has 3 rings (SSSR count). The molecule has 0 bridgehead atoms. The van der Waals surface area contributed by atoms with Crippen LogP contribution in [0.15, 0.2) is 91.0 Å². The molecule has 0 amide bonds. The van der Waals surface area contributed by atoms with Crippen LogP contribution in [0.4, 0.5) is 0 Å². The fraction of sp³-hybridized carbons (Fsp3) is 0.182. The molecule has 1 N–H and O–H groups in total. The van der Waals surface area contributed by atoms with Crippen LogP contribution >= 0.6 is 0 Å². The minimum atomic E-state index is -0.411. The summed E-state index contributed by atoms with van der Waals surface area (Å²) in [6.45, 7) is 0. The number of aliphatic hydroxyl groups is 1. The van der Waals surface area contributed by atoms with Crippen molar-refractivity contribution >= 4 is 0 Å². The number of rotatable bonds is 6. The van der Waals surface area contributed by atoms with Crippen LogP contribution in [0.25, 0.3) is 0 Å². The molecular formula is C22H22O. The molecule has 1 heteroatoms. The summed E-state index contributed by atoms with van der Waals surface area (Å²) in [5.41, 5.74) is 3.60. The lowest BCUT2D eigenvalue weighted by molar-refractivity contribution is 0.163. The molecule has 0 aliphatic rings. The topological polar surface area (TPSA) is 20.2 Å². The van der Waals surface area contributed by atoms with Crippen molar-refractivity contribution in [3.63, 3.8) is 0 Å². The van der Waals surface area contributed by atoms with E-state index in [0.717, 1.165) is 18.4 Å². The van der Waals surface area contributed by atoms with Gasteiger partial charge in [0.05, 0.1) is 6.10 Å². The van der Waals surface area contributed by atoms with E-state index in [1.54, 1.807) is 0 Å². The zero-order valence-corrected chi connectivity index (χ0v) is 13.2. The zero-order valence-electron chi connectivity index (χ0n) is 13.2. The van der Waals surface area contributed by atoms with Gasteiger partial charge < -0.3 is 5.11 Å². The molecule has 1 atom stereocenters. The molecule has 116 valence electrons. The maximum atomic E-state index is 10.5. The van der Waals surface area contributed by atoms with E-state index in [4.69, 9.17) is 0 Å². The first-order valence-corrected chi connectivity index (χ1v) is 8.17. The van der Waals surface area contributed by atoms with Crippen LogP contribution < -0.4 is 0 Å². The average Bonchev–Trinajstić information content (AvgIpc) is 2.64. The van der Waals surface area contributed by atoms with E-state index in [0.29, 0.717) is 5.92 Å². The smallest absolute Gasteiger partial charge is 0.0790 e. The molecule has 0 aliphatic heterocycles. The first-order valence-electron chi connectivity index (χ1n) is 8.17. The summed E-state index contributed by atoms with van der Waals surface area (Å²) >= 11 is 0. The van der Waals surface area contributed by atoms with Crippen LogP contribution in [0.5, 0.6) is 0 Å². The fourth-order valence-electron chi connectivity index (χ4n) is 3.06. The highest BCUT2D eigenvalue weighted by atomic mass is 16.3. The van der Waals surface area contributed by atoms with Gasteiger partial charge in [-0.15, -0.1) is 0 Å². The lowest BCUT2D eigenvalue weighted by Gasteiger charge is -2.20. The predicted octanol–water partition coefficient (Wildman–Crippen LogP) is 5.33. The molecule has 3 aromatic rings. The summed E-state index contributed by atoms with van der Waals surface area (Å²) in [6, 6.07) is 31.0. The van der Waals surface area contributed by atoms with Crippen molar-refractivity contribution < 1.29 is 5.11 Å². The molecule has 0 aliphatic carbocycles. The van der Waals surface area contributed by atoms with Gasteiger partial charge in [0.25, 0.3) is 0 Å². The monoisotopic (exact) mass is 302 g/mol. The van der Waals surface area contributed by atoms with Gasteiger partial charge in [0.15, 0.2) is 0 Å². The minimum absolute atomic E-state index is 0.316. The van der Waals surface area contributed by atoms with Crippen molar-refractivity contribution in [2.45, 2.75) is 24.9 Å². The van der Waals surface area contributed by atoms with Gasteiger partial charge in [-0.3, -0.25) is 0 Å². The van der Waals surface area contributed by atoms with E-state index >= 15 is 0 Å². The third-order valence-corrected chi connectivity index (χ3v) is 4.32. The molecule has 0 fully saturated rings. The van der Waals surface area contributed by atoms with Gasteiger partial charge in [-0.2, -0.15) is 0 Å². The van der Waals surface area contributed by atoms with E-state index in [1.165, 1.54) is 11.1 Å². The van der Waals surface area contributed by atoms with E-state index in [9.17, 15) is 5.11 Å². The molecule has 1 nitrogen and oxygen atoms in total. The van der Waals surface area contributed by atoms with Gasteiger partial charge in [0.1, 0.15) is 0 Å². The van der Waals surface area contributed by atoms with E-state index in [1.807, 2.05) is 42.5 Å². The number of aliphatic hydroxyl groups excluding tert-OH is 1. The maximum Gasteiger partial charge on any atom is 0.0790 e. The molecular weight excluding hydrogens is 280 g/mol. The Kier molecular flexibility index (Phi) is 5.23. The Balaban J connectivity index is 1.77. The number of hydrogen-bond acceptors (Lipinski definition) is 1. The lowest BCUT2D eigenvalue weighted by atomic mass is 9.86. The molecule has 0 aromatic heterocycles. The Morgan fingerprint density at radius 2 is 0.913 bits per heavy atom. The van der Waals surface area contributed by atoms with Crippen LogP contribution in [0.2, 0.25) is 0 Å². The fourth-order valence-corrected chi connectivity index (χ4v) is 3.06. The van der Waals surface area contributed by atoms with E-state index < -0.39 is 6.10 Å². The summed E-state index contributed by atoms with van der Waals surface area (Å²) in [6.07, 6.45) is 1.26. The van der Waals surface area contributed by atoms with Crippen molar-refractivity contribution in [2.75, 3.05) is 0 Å². The standard InChI is InChI=1S/C22H22O/c23-22(20-14-8-3-9-15-20)17-16-21(18-10-4-1-5-11-18)19-12-6-2-7-13-19/h1-15,21-23H,16-17H2. The normalized spacial score (nSPS) is 12.3. The van der Waals surface area contributed by atoms with Crippen molar-refractivity contribution in [1.29, 1.82) is 0 Å². The Hall–Kier alpha value is -2.38. The Morgan fingerprint density at radius 3 is 1.35 bits per heavy atom. The summed E-state index contributed by atoms with van der Waals surface area (Å²) in [4.78, 5) is 0. The average molecular weight is 302 g/mol. The summed E-state index contributed by atoms with van der Waals surface area (Å²) in [5.74, 6) is 0.316. The molecule has 0 saturated heterocycles. The molecule has 0 spiro atoms. The number of hydrogen-bond donors (Lipinski definition) is 1. The second kappa shape index (κ2) is 7.75. The first-order chi connectivity index (χ1) is 11.3. The maximum absolute atomic E-state index is 10.5. The van der Waals surface area contributed by atoms with Gasteiger partial charge in [0, 0.05) is 5.92 Å². The SMILES string of the molecule is OC(CCC(c1ccccc1)c1ccccc1)c1ccccc1. The molecule has 0 heterocycles. The van der Waals surface area contributed by atoms with Crippen LogP contribution in [0, 0.1) is 0 Å². The highest BCUT2D eigenvalue weighted by molar-refractivity contribution is 5.32. The lowest BCUT2D eigenvalue weighted by Crippen LogP contribution is -2.05. The molecule has 0 radical (unpaired) electrons. The Labute approximate surface area is 138 Å². The van der Waals surface area contributed by atoms with Crippen molar-refractivity contribution in [2.24, 2.45) is 0 Å². The zero-order chi connectivity index (χ0) is 15.9. The minimum Gasteiger partial charge on any atom is -0.388 e. The van der Waals surface area contributed by atoms with Gasteiger partial charge in [-0.25, -0.2) is 0 Å². The second-order valence-electron chi connectivity index (χ2n) is 5.88. The highest BCUT2D eigenvalue weighted by Gasteiger charge is 2.16. The largest absolute Gasteiger partial charge is 0.388 e. The van der Waals surface area contributed by atoms with Crippen LogP contribution in [0.3, 0.4) is 0 Å². The first kappa shape index (κ1) is 15.5. The van der Waals surface area contributed by atoms with E-state index in [2.05, 4.69) is 48.5 Å². The van der Waals surface area contributed by atoms with Crippen molar-refractivity contribution in [3.8, 4) is 0 Å². The van der Waals surface area contributed by atoms with Crippen LogP contribution in [-0.4, -0.2) is 5.11 Å².